The summed E-state index contributed by atoms with van der Waals surface area (Å²) in [5.41, 5.74) is 0. The Morgan fingerprint density at radius 3 is 3.00 bits per heavy atom. The van der Waals surface area contributed by atoms with E-state index in [1.54, 1.807) is 0 Å². The van der Waals surface area contributed by atoms with Gasteiger partial charge < -0.3 is 9.80 Å². The van der Waals surface area contributed by atoms with Gasteiger partial charge in [-0.1, -0.05) is 12.2 Å². The van der Waals surface area contributed by atoms with Crippen molar-refractivity contribution in [3.8, 4) is 0 Å². The molecule has 0 aromatic heterocycles. The summed E-state index contributed by atoms with van der Waals surface area (Å²) in [5.74, 6) is 1.17. The molecule has 0 bridgehead atoms. The zero-order chi connectivity index (χ0) is 12.1. The summed E-state index contributed by atoms with van der Waals surface area (Å²) in [5, 5.41) is 0. The summed E-state index contributed by atoms with van der Waals surface area (Å²) in [6.07, 6.45) is 10.2. The predicted molar refractivity (Wildman–Crippen MR) is 69.8 cm³/mol. The molecule has 1 amide bonds. The van der Waals surface area contributed by atoms with Gasteiger partial charge in [0.05, 0.1) is 0 Å². The molecule has 3 nitrogen and oxygen atoms in total. The summed E-state index contributed by atoms with van der Waals surface area (Å²) in [7, 11) is 2.18. The van der Waals surface area contributed by atoms with E-state index in [0.29, 0.717) is 5.91 Å². The highest BCUT2D eigenvalue weighted by molar-refractivity contribution is 5.78. The van der Waals surface area contributed by atoms with Gasteiger partial charge in [0.2, 0.25) is 5.91 Å². The molecule has 1 saturated heterocycles. The van der Waals surface area contributed by atoms with Crippen LogP contribution in [0.2, 0.25) is 0 Å². The van der Waals surface area contributed by atoms with Gasteiger partial charge in [-0.25, -0.2) is 0 Å². The van der Waals surface area contributed by atoms with E-state index in [9.17, 15) is 4.79 Å². The topological polar surface area (TPSA) is 23.6 Å². The van der Waals surface area contributed by atoms with Gasteiger partial charge in [0.15, 0.2) is 0 Å². The Kier molecular flexibility index (Phi) is 4.60. The van der Waals surface area contributed by atoms with Crippen LogP contribution in [0, 0.1) is 5.92 Å². The molecule has 1 fully saturated rings. The number of amides is 1. The van der Waals surface area contributed by atoms with E-state index in [-0.39, 0.29) is 0 Å². The van der Waals surface area contributed by atoms with E-state index in [1.165, 1.54) is 25.8 Å². The lowest BCUT2D eigenvalue weighted by Crippen LogP contribution is -2.36. The van der Waals surface area contributed by atoms with Crippen molar-refractivity contribution in [2.45, 2.75) is 32.1 Å². The van der Waals surface area contributed by atoms with Crippen LogP contribution in [0.5, 0.6) is 0 Å². The van der Waals surface area contributed by atoms with Crippen LogP contribution in [0.25, 0.3) is 0 Å². The third-order valence-electron chi connectivity index (χ3n) is 3.87. The van der Waals surface area contributed by atoms with E-state index in [4.69, 9.17) is 0 Å². The van der Waals surface area contributed by atoms with Crippen molar-refractivity contribution in [3.63, 3.8) is 0 Å². The molecule has 3 heteroatoms. The van der Waals surface area contributed by atoms with Gasteiger partial charge in [0.1, 0.15) is 0 Å². The number of nitrogens with zero attached hydrogens (tertiary/aromatic N) is 2. The zero-order valence-corrected chi connectivity index (χ0v) is 10.9. The minimum Gasteiger partial charge on any atom is -0.341 e. The first-order valence-corrected chi connectivity index (χ1v) is 6.87. The van der Waals surface area contributed by atoms with Crippen LogP contribution in [0.15, 0.2) is 12.2 Å². The Hall–Kier alpha value is -0.830. The first-order chi connectivity index (χ1) is 8.25. The molecule has 2 aliphatic rings. The van der Waals surface area contributed by atoms with Crippen LogP contribution in [0.3, 0.4) is 0 Å². The van der Waals surface area contributed by atoms with Gasteiger partial charge >= 0.3 is 0 Å². The molecule has 1 aliphatic heterocycles. The standard InChI is InChI=1S/C14H24N2O/c1-15(12-13-6-3-2-4-7-13)10-11-16-9-5-8-14(16)17/h2-3,13H,4-12H2,1H3/t13-/m1/s1. The SMILES string of the molecule is CN(CCN1CCCC1=O)C[C@@H]1CC=CCC1. The Morgan fingerprint density at radius 1 is 1.47 bits per heavy atom. The van der Waals surface area contributed by atoms with Crippen LogP contribution in [0.4, 0.5) is 0 Å². The number of likely N-dealkylation sites (N-methyl/N-ethyl adjacent to an activating group) is 1. The number of allylic oxidation sites excluding steroid dienone is 2. The minimum atomic E-state index is 0.346. The average Bonchev–Trinajstić information content (AvgIpc) is 2.74. The first kappa shape index (κ1) is 12.6. The van der Waals surface area contributed by atoms with E-state index < -0.39 is 0 Å². The molecule has 0 saturated carbocycles. The maximum atomic E-state index is 11.5. The van der Waals surface area contributed by atoms with Gasteiger partial charge in [0.25, 0.3) is 0 Å². The molecule has 0 N–H and O–H groups in total. The van der Waals surface area contributed by atoms with Crippen LogP contribution in [-0.2, 0) is 4.79 Å². The molecule has 0 radical (unpaired) electrons. The summed E-state index contributed by atoms with van der Waals surface area (Å²) in [6, 6.07) is 0. The van der Waals surface area contributed by atoms with Crippen LogP contribution < -0.4 is 0 Å². The third-order valence-corrected chi connectivity index (χ3v) is 3.87. The lowest BCUT2D eigenvalue weighted by molar-refractivity contribution is -0.127. The second-order valence-electron chi connectivity index (χ2n) is 5.40. The van der Waals surface area contributed by atoms with Crippen molar-refractivity contribution in [1.82, 2.24) is 9.80 Å². The summed E-state index contributed by atoms with van der Waals surface area (Å²) >= 11 is 0. The highest BCUT2D eigenvalue weighted by Crippen LogP contribution is 2.18. The lowest BCUT2D eigenvalue weighted by Gasteiger charge is -2.26. The predicted octanol–water partition coefficient (Wildman–Crippen LogP) is 1.90. The van der Waals surface area contributed by atoms with Crippen LogP contribution in [-0.4, -0.2) is 48.9 Å². The number of carbonyl (C=O) groups is 1. The summed E-state index contributed by atoms with van der Waals surface area (Å²) < 4.78 is 0. The normalized spacial score (nSPS) is 24.9. The Balaban J connectivity index is 1.64. The highest BCUT2D eigenvalue weighted by atomic mass is 16.2. The van der Waals surface area contributed by atoms with Gasteiger partial charge in [0, 0.05) is 32.6 Å². The fraction of sp³-hybridized carbons (Fsp3) is 0.786. The lowest BCUT2D eigenvalue weighted by atomic mass is 9.94. The molecule has 0 spiro atoms. The molecular formula is C14H24N2O. The fourth-order valence-corrected chi connectivity index (χ4v) is 2.79. The molecule has 96 valence electrons. The molecule has 1 atom stereocenters. The second-order valence-corrected chi connectivity index (χ2v) is 5.40. The third kappa shape index (κ3) is 3.84. The van der Waals surface area contributed by atoms with E-state index in [0.717, 1.165) is 38.4 Å². The zero-order valence-electron chi connectivity index (χ0n) is 10.9. The molecule has 2 rings (SSSR count). The maximum absolute atomic E-state index is 11.5. The molecule has 1 heterocycles. The van der Waals surface area contributed by atoms with Crippen molar-refractivity contribution >= 4 is 5.91 Å². The number of likely N-dealkylation sites (tertiary alicyclic amines) is 1. The Labute approximate surface area is 104 Å². The molecule has 17 heavy (non-hydrogen) atoms. The van der Waals surface area contributed by atoms with Crippen LogP contribution >= 0.6 is 0 Å². The minimum absolute atomic E-state index is 0.346. The quantitative estimate of drug-likeness (QED) is 0.681. The fourth-order valence-electron chi connectivity index (χ4n) is 2.79. The molecular weight excluding hydrogens is 212 g/mol. The van der Waals surface area contributed by atoms with Crippen molar-refractivity contribution in [2.24, 2.45) is 5.92 Å². The number of hydrogen-bond acceptors (Lipinski definition) is 2. The summed E-state index contributed by atoms with van der Waals surface area (Å²) in [4.78, 5) is 15.9. The second kappa shape index (κ2) is 6.20. The van der Waals surface area contributed by atoms with E-state index >= 15 is 0 Å². The monoisotopic (exact) mass is 236 g/mol. The molecule has 0 aromatic rings. The average molecular weight is 236 g/mol. The van der Waals surface area contributed by atoms with Crippen molar-refractivity contribution < 1.29 is 4.79 Å². The summed E-state index contributed by atoms with van der Waals surface area (Å²) in [6.45, 7) is 4.08. The maximum Gasteiger partial charge on any atom is 0.222 e. The first-order valence-electron chi connectivity index (χ1n) is 6.87. The molecule has 1 aliphatic carbocycles. The molecule has 0 unspecified atom stereocenters. The van der Waals surface area contributed by atoms with Crippen LogP contribution in [0.1, 0.15) is 32.1 Å². The van der Waals surface area contributed by atoms with Crippen molar-refractivity contribution in [1.29, 1.82) is 0 Å². The van der Waals surface area contributed by atoms with Gasteiger partial charge in [-0.05, 0) is 38.6 Å². The number of hydrogen-bond donors (Lipinski definition) is 0. The Bertz CT molecular complexity index is 288. The molecule has 0 aromatic carbocycles. The Morgan fingerprint density at radius 2 is 2.35 bits per heavy atom. The van der Waals surface area contributed by atoms with Crippen molar-refractivity contribution in [2.75, 3.05) is 33.2 Å². The van der Waals surface area contributed by atoms with Gasteiger partial charge in [-0.15, -0.1) is 0 Å². The van der Waals surface area contributed by atoms with E-state index in [2.05, 4.69) is 24.1 Å². The highest BCUT2D eigenvalue weighted by Gasteiger charge is 2.20. The number of carbonyl (C=O) groups excluding carboxylic acids is 1. The largest absolute Gasteiger partial charge is 0.341 e. The smallest absolute Gasteiger partial charge is 0.222 e. The van der Waals surface area contributed by atoms with Gasteiger partial charge in [-0.2, -0.15) is 0 Å². The van der Waals surface area contributed by atoms with Crippen molar-refractivity contribution in [3.05, 3.63) is 12.2 Å². The van der Waals surface area contributed by atoms with Gasteiger partial charge in [-0.3, -0.25) is 4.79 Å². The number of rotatable bonds is 5. The van der Waals surface area contributed by atoms with E-state index in [1.807, 2.05) is 4.90 Å².